The van der Waals surface area contributed by atoms with Crippen molar-refractivity contribution in [1.29, 1.82) is 0 Å². The van der Waals surface area contributed by atoms with E-state index in [4.69, 9.17) is 4.98 Å². The highest BCUT2D eigenvalue weighted by Crippen LogP contribution is 2.30. The molecule has 5 rings (SSSR count). The first-order valence-electron chi connectivity index (χ1n) is 9.42. The number of aromatic nitrogens is 4. The molecular weight excluding hydrogens is 385 g/mol. The topological polar surface area (TPSA) is 54.8 Å². The van der Waals surface area contributed by atoms with Crippen LogP contribution in [0.3, 0.4) is 0 Å². The summed E-state index contributed by atoms with van der Waals surface area (Å²) < 4.78 is 13.1. The van der Waals surface area contributed by atoms with Crippen LogP contribution in [0.15, 0.2) is 61.3 Å². The largest absolute Gasteiger partial charge is 0.293 e. The van der Waals surface area contributed by atoms with Crippen LogP contribution in [-0.4, -0.2) is 31.4 Å². The number of nitrogens with zero attached hydrogens (tertiary/aromatic N) is 5. The van der Waals surface area contributed by atoms with Crippen molar-refractivity contribution in [3.05, 3.63) is 83.3 Å². The molecule has 0 saturated carbocycles. The van der Waals surface area contributed by atoms with E-state index in [-0.39, 0.29) is 5.82 Å². The number of fused-ring (bicyclic) bond motifs is 1. The molecule has 0 bridgehead atoms. The number of halogens is 1. The molecule has 0 unspecified atom stereocenters. The quantitative estimate of drug-likeness (QED) is 0.507. The van der Waals surface area contributed by atoms with Crippen LogP contribution < -0.4 is 0 Å². The van der Waals surface area contributed by atoms with E-state index in [9.17, 15) is 4.39 Å². The van der Waals surface area contributed by atoms with Crippen LogP contribution in [0.25, 0.3) is 21.8 Å². The van der Waals surface area contributed by atoms with Gasteiger partial charge in [-0.2, -0.15) is 0 Å². The van der Waals surface area contributed by atoms with Crippen LogP contribution >= 0.6 is 11.3 Å². The molecule has 0 radical (unpaired) electrons. The second-order valence-corrected chi connectivity index (χ2v) is 8.19. The Hall–Kier alpha value is -3.03. The second kappa shape index (κ2) is 7.77. The van der Waals surface area contributed by atoms with Crippen molar-refractivity contribution in [3.8, 4) is 21.8 Å². The van der Waals surface area contributed by atoms with Gasteiger partial charge in [0.1, 0.15) is 12.1 Å². The van der Waals surface area contributed by atoms with E-state index in [1.807, 2.05) is 18.3 Å². The molecule has 0 fully saturated rings. The number of benzene rings is 1. The van der Waals surface area contributed by atoms with Crippen LogP contribution in [0.5, 0.6) is 0 Å². The highest BCUT2D eigenvalue weighted by Gasteiger charge is 2.19. The van der Waals surface area contributed by atoms with E-state index >= 15 is 0 Å². The molecule has 3 aromatic heterocycles. The molecule has 4 heterocycles. The molecule has 29 heavy (non-hydrogen) atoms. The molecule has 0 amide bonds. The van der Waals surface area contributed by atoms with Gasteiger partial charge in [-0.25, -0.2) is 24.3 Å². The Morgan fingerprint density at radius 3 is 2.62 bits per heavy atom. The van der Waals surface area contributed by atoms with Gasteiger partial charge in [0.15, 0.2) is 5.82 Å². The Bertz CT molecular complexity index is 1130. The van der Waals surface area contributed by atoms with Crippen molar-refractivity contribution in [3.63, 3.8) is 0 Å². The van der Waals surface area contributed by atoms with Crippen LogP contribution in [0.4, 0.5) is 4.39 Å². The lowest BCUT2D eigenvalue weighted by Gasteiger charge is -2.27. The highest BCUT2D eigenvalue weighted by molar-refractivity contribution is 7.15. The van der Waals surface area contributed by atoms with Gasteiger partial charge < -0.3 is 0 Å². The molecule has 1 aliphatic rings. The first kappa shape index (κ1) is 18.0. The summed E-state index contributed by atoms with van der Waals surface area (Å²) in [6.07, 6.45) is 7.80. The number of rotatable bonds is 4. The molecule has 144 valence electrons. The summed E-state index contributed by atoms with van der Waals surface area (Å²) in [5.41, 5.74) is 4.17. The van der Waals surface area contributed by atoms with E-state index in [0.29, 0.717) is 5.82 Å². The smallest absolute Gasteiger partial charge is 0.162 e. The maximum absolute atomic E-state index is 13.1. The van der Waals surface area contributed by atoms with Crippen LogP contribution in [0.1, 0.15) is 16.1 Å². The van der Waals surface area contributed by atoms with Crippen molar-refractivity contribution in [2.24, 2.45) is 0 Å². The van der Waals surface area contributed by atoms with Gasteiger partial charge in [0.2, 0.25) is 0 Å². The van der Waals surface area contributed by atoms with Crippen LogP contribution in [0.2, 0.25) is 0 Å². The molecule has 0 atom stereocenters. The minimum absolute atomic E-state index is 0.206. The third kappa shape index (κ3) is 3.92. The van der Waals surface area contributed by atoms with Crippen LogP contribution in [0, 0.1) is 5.82 Å². The normalized spacial score (nSPS) is 14.0. The highest BCUT2D eigenvalue weighted by atomic mass is 32.1. The van der Waals surface area contributed by atoms with Crippen molar-refractivity contribution in [1.82, 2.24) is 24.8 Å². The first-order valence-corrected chi connectivity index (χ1v) is 10.2. The lowest BCUT2D eigenvalue weighted by atomic mass is 10.1. The third-order valence-electron chi connectivity index (χ3n) is 5.00. The SMILES string of the molecule is Fc1ccc(-c2ccc(CN3CCc4nc(-c5cncnc5)ncc4C3)s2)cc1. The summed E-state index contributed by atoms with van der Waals surface area (Å²) in [4.78, 5) is 22.2. The van der Waals surface area contributed by atoms with Gasteiger partial charge in [-0.15, -0.1) is 11.3 Å². The summed E-state index contributed by atoms with van der Waals surface area (Å²) in [7, 11) is 0. The Balaban J connectivity index is 1.29. The Kier molecular flexibility index (Phi) is 4.83. The fraction of sp³-hybridized carbons (Fsp3) is 0.182. The average molecular weight is 403 g/mol. The molecule has 1 aromatic carbocycles. The van der Waals surface area contributed by atoms with E-state index in [2.05, 4.69) is 32.0 Å². The summed E-state index contributed by atoms with van der Waals surface area (Å²) in [5, 5.41) is 0. The van der Waals surface area contributed by atoms with Gasteiger partial charge >= 0.3 is 0 Å². The van der Waals surface area contributed by atoms with Crippen molar-refractivity contribution in [2.45, 2.75) is 19.5 Å². The van der Waals surface area contributed by atoms with E-state index < -0.39 is 0 Å². The number of hydrogen-bond donors (Lipinski definition) is 0. The monoisotopic (exact) mass is 403 g/mol. The van der Waals surface area contributed by atoms with Crippen molar-refractivity contribution >= 4 is 11.3 Å². The zero-order valence-corrected chi connectivity index (χ0v) is 16.4. The molecule has 5 nitrogen and oxygen atoms in total. The van der Waals surface area contributed by atoms with Gasteiger partial charge in [0.05, 0.1) is 11.3 Å². The first-order chi connectivity index (χ1) is 14.2. The van der Waals surface area contributed by atoms with Gasteiger partial charge in [-0.3, -0.25) is 4.90 Å². The molecule has 4 aromatic rings. The molecule has 1 aliphatic heterocycles. The molecule has 0 spiro atoms. The number of hydrogen-bond acceptors (Lipinski definition) is 6. The third-order valence-corrected chi connectivity index (χ3v) is 6.12. The van der Waals surface area contributed by atoms with Crippen molar-refractivity contribution < 1.29 is 4.39 Å². The van der Waals surface area contributed by atoms with E-state index in [1.54, 1.807) is 23.7 Å². The molecule has 0 saturated heterocycles. The summed E-state index contributed by atoms with van der Waals surface area (Å²) in [5.74, 6) is 0.475. The maximum Gasteiger partial charge on any atom is 0.162 e. The van der Waals surface area contributed by atoms with Gasteiger partial charge in [-0.05, 0) is 29.8 Å². The predicted molar refractivity (Wildman–Crippen MR) is 111 cm³/mol. The lowest BCUT2D eigenvalue weighted by Crippen LogP contribution is -2.30. The van der Waals surface area contributed by atoms with Gasteiger partial charge in [-0.1, -0.05) is 12.1 Å². The molecular formula is C22H18FN5S. The fourth-order valence-electron chi connectivity index (χ4n) is 3.52. The molecule has 7 heteroatoms. The Morgan fingerprint density at radius 2 is 1.79 bits per heavy atom. The summed E-state index contributed by atoms with van der Waals surface area (Å²) in [6.45, 7) is 2.68. The van der Waals surface area contributed by atoms with Gasteiger partial charge in [0, 0.05) is 60.0 Å². The van der Waals surface area contributed by atoms with Gasteiger partial charge in [0.25, 0.3) is 0 Å². The Morgan fingerprint density at radius 1 is 0.966 bits per heavy atom. The average Bonchev–Trinajstić information content (AvgIpc) is 3.23. The zero-order valence-electron chi connectivity index (χ0n) is 15.6. The van der Waals surface area contributed by atoms with Crippen molar-refractivity contribution in [2.75, 3.05) is 6.54 Å². The molecule has 0 N–H and O–H groups in total. The summed E-state index contributed by atoms with van der Waals surface area (Å²) in [6, 6.07) is 10.9. The predicted octanol–water partition coefficient (Wildman–Crippen LogP) is 4.36. The standard InChI is InChI=1S/C22H18FN5S/c23-18-3-1-15(2-4-18)21-6-5-19(29-21)13-28-8-7-20-17(12-28)11-26-22(27-20)16-9-24-14-25-10-16/h1-6,9-11,14H,7-8,12-13H2. The Labute approximate surface area is 172 Å². The minimum Gasteiger partial charge on any atom is -0.293 e. The number of thiophene rings is 1. The zero-order chi connectivity index (χ0) is 19.6. The van der Waals surface area contributed by atoms with E-state index in [1.165, 1.54) is 28.9 Å². The maximum atomic E-state index is 13.1. The second-order valence-electron chi connectivity index (χ2n) is 7.03. The summed E-state index contributed by atoms with van der Waals surface area (Å²) >= 11 is 1.76. The fourth-order valence-corrected chi connectivity index (χ4v) is 4.57. The van der Waals surface area contributed by atoms with Crippen LogP contribution in [-0.2, 0) is 19.5 Å². The minimum atomic E-state index is -0.206. The lowest BCUT2D eigenvalue weighted by molar-refractivity contribution is 0.245. The van der Waals surface area contributed by atoms with E-state index in [0.717, 1.165) is 47.8 Å². The molecule has 0 aliphatic carbocycles.